The van der Waals surface area contributed by atoms with Crippen LogP contribution in [0, 0.1) is 0 Å². The van der Waals surface area contributed by atoms with Crippen molar-refractivity contribution in [1.29, 1.82) is 0 Å². The number of aromatic nitrogens is 1. The lowest BCUT2D eigenvalue weighted by atomic mass is 9.89. The molecule has 1 amide bonds. The number of Topliss-reactive ketones (excluding diaryl/α,β-unsaturated/α-hetero) is 2. The Morgan fingerprint density at radius 2 is 2.08 bits per heavy atom. The van der Waals surface area contributed by atoms with Crippen LogP contribution < -0.4 is 11.1 Å². The Labute approximate surface area is 137 Å². The smallest absolute Gasteiger partial charge is 0.404 e. The zero-order valence-corrected chi connectivity index (χ0v) is 13.1. The van der Waals surface area contributed by atoms with Crippen molar-refractivity contribution in [3.8, 4) is 0 Å². The second kappa shape index (κ2) is 4.27. The molecule has 2 atom stereocenters. The van der Waals surface area contributed by atoms with E-state index in [1.54, 1.807) is 6.92 Å². The molecule has 0 aromatic carbocycles. The average molecular weight is 328 g/mol. The van der Waals surface area contributed by atoms with Crippen LogP contribution in [-0.2, 0) is 17.9 Å². The van der Waals surface area contributed by atoms with E-state index in [0.717, 1.165) is 18.8 Å². The fourth-order valence-electron chi connectivity index (χ4n) is 4.03. The van der Waals surface area contributed by atoms with Crippen LogP contribution in [0.1, 0.15) is 45.1 Å². The summed E-state index contributed by atoms with van der Waals surface area (Å²) in [7, 11) is 0. The number of rotatable bonds is 3. The standard InChI is InChI=1S/C16H16N4O4/c1-6-11(19-2-3-19)15(22)9-7(5-24-16(17)23)12-10-8(18-10)4-20(12)13(9)14(6)21/h8,10,18H,2-5H2,1H3,(H2,17,23)/t8-,10-/m1/s1. The molecule has 4 aliphatic rings. The number of hydrogen-bond acceptors (Lipinski definition) is 6. The van der Waals surface area contributed by atoms with Crippen molar-refractivity contribution in [3.05, 3.63) is 33.8 Å². The number of carbonyl (C=O) groups is 3. The van der Waals surface area contributed by atoms with Gasteiger partial charge in [0, 0.05) is 42.5 Å². The van der Waals surface area contributed by atoms with E-state index in [1.807, 2.05) is 9.47 Å². The Hall–Kier alpha value is -2.61. The summed E-state index contributed by atoms with van der Waals surface area (Å²) in [6.07, 6.45) is -0.894. The molecule has 2 fully saturated rings. The van der Waals surface area contributed by atoms with Gasteiger partial charge in [0.25, 0.3) is 0 Å². The number of amides is 1. The highest BCUT2D eigenvalue weighted by molar-refractivity contribution is 6.27. The van der Waals surface area contributed by atoms with E-state index < -0.39 is 6.09 Å². The van der Waals surface area contributed by atoms with E-state index in [9.17, 15) is 14.4 Å². The number of primary amides is 1. The molecule has 4 heterocycles. The largest absolute Gasteiger partial charge is 0.445 e. The first-order valence-electron chi connectivity index (χ1n) is 7.97. The van der Waals surface area contributed by atoms with E-state index in [1.165, 1.54) is 0 Å². The maximum Gasteiger partial charge on any atom is 0.404 e. The SMILES string of the molecule is CC1=C(N2CC2)C(=O)c2c(COC(N)=O)c3n(c2C1=O)C[C@H]1N[C@@H]31. The van der Waals surface area contributed by atoms with Gasteiger partial charge >= 0.3 is 6.09 Å². The third kappa shape index (κ3) is 1.63. The fourth-order valence-corrected chi connectivity index (χ4v) is 4.03. The molecule has 1 aromatic rings. The van der Waals surface area contributed by atoms with Crippen LogP contribution in [0.5, 0.6) is 0 Å². The van der Waals surface area contributed by atoms with Crippen LogP contribution in [-0.4, -0.2) is 46.3 Å². The maximum absolute atomic E-state index is 13.1. The van der Waals surface area contributed by atoms with Crippen LogP contribution in [0.4, 0.5) is 4.79 Å². The third-order valence-corrected chi connectivity index (χ3v) is 5.24. The molecule has 3 aliphatic heterocycles. The first-order chi connectivity index (χ1) is 11.5. The molecule has 1 aliphatic carbocycles. The van der Waals surface area contributed by atoms with Crippen molar-refractivity contribution in [2.75, 3.05) is 13.1 Å². The van der Waals surface area contributed by atoms with Crippen LogP contribution >= 0.6 is 0 Å². The second-order valence-electron chi connectivity index (χ2n) is 6.68. The highest BCUT2D eigenvalue weighted by Crippen LogP contribution is 2.46. The summed E-state index contributed by atoms with van der Waals surface area (Å²) in [5.74, 6) is -0.263. The van der Waals surface area contributed by atoms with Gasteiger partial charge in [0.15, 0.2) is 0 Å². The van der Waals surface area contributed by atoms with E-state index >= 15 is 0 Å². The number of ketones is 2. The number of carbonyl (C=O) groups excluding carboxylic acids is 3. The lowest BCUT2D eigenvalue weighted by Gasteiger charge is -2.20. The van der Waals surface area contributed by atoms with E-state index in [4.69, 9.17) is 10.5 Å². The summed E-state index contributed by atoms with van der Waals surface area (Å²) in [6.45, 7) is 3.85. The number of hydrogen-bond donors (Lipinski definition) is 2. The van der Waals surface area contributed by atoms with Crippen LogP contribution in [0.3, 0.4) is 0 Å². The van der Waals surface area contributed by atoms with Crippen molar-refractivity contribution >= 4 is 17.7 Å². The summed E-state index contributed by atoms with van der Waals surface area (Å²) in [5, 5.41) is 3.31. The van der Waals surface area contributed by atoms with Crippen molar-refractivity contribution in [3.63, 3.8) is 0 Å². The van der Waals surface area contributed by atoms with Crippen molar-refractivity contribution in [2.45, 2.75) is 32.2 Å². The van der Waals surface area contributed by atoms with Crippen molar-refractivity contribution < 1.29 is 19.1 Å². The number of allylic oxidation sites excluding steroid dienone is 2. The highest BCUT2D eigenvalue weighted by atomic mass is 16.5. The number of fused-ring (bicyclic) bond motifs is 5. The molecule has 8 nitrogen and oxygen atoms in total. The minimum absolute atomic E-state index is 0.0871. The summed E-state index contributed by atoms with van der Waals surface area (Å²) in [5.41, 5.74) is 8.40. The van der Waals surface area contributed by atoms with E-state index in [0.29, 0.717) is 40.7 Å². The Morgan fingerprint density at radius 1 is 1.33 bits per heavy atom. The molecule has 2 saturated heterocycles. The lowest BCUT2D eigenvalue weighted by molar-refractivity contribution is 0.0953. The van der Waals surface area contributed by atoms with Gasteiger partial charge in [-0.15, -0.1) is 0 Å². The van der Waals surface area contributed by atoms with Crippen LogP contribution in [0.2, 0.25) is 0 Å². The molecule has 0 radical (unpaired) electrons. The fraction of sp³-hybridized carbons (Fsp3) is 0.438. The predicted molar refractivity (Wildman–Crippen MR) is 81.4 cm³/mol. The molecule has 3 N–H and O–H groups in total. The van der Waals surface area contributed by atoms with Gasteiger partial charge in [-0.2, -0.15) is 0 Å². The van der Waals surface area contributed by atoms with Crippen LogP contribution in [0.25, 0.3) is 0 Å². The molecule has 1 aromatic heterocycles. The average Bonchev–Trinajstić information content (AvgIpc) is 3.43. The molecule has 5 rings (SSSR count). The van der Waals surface area contributed by atoms with Crippen LogP contribution in [0.15, 0.2) is 11.3 Å². The molecule has 24 heavy (non-hydrogen) atoms. The minimum Gasteiger partial charge on any atom is -0.445 e. The summed E-state index contributed by atoms with van der Waals surface area (Å²) >= 11 is 0. The van der Waals surface area contributed by atoms with Gasteiger partial charge in [-0.25, -0.2) is 4.79 Å². The molecule has 0 saturated carbocycles. The van der Waals surface area contributed by atoms with Crippen molar-refractivity contribution in [1.82, 2.24) is 14.8 Å². The normalized spacial score (nSPS) is 26.3. The van der Waals surface area contributed by atoms with Gasteiger partial charge in [0.1, 0.15) is 12.3 Å². The molecule has 124 valence electrons. The van der Waals surface area contributed by atoms with Gasteiger partial charge in [0.05, 0.1) is 17.3 Å². The first-order valence-corrected chi connectivity index (χ1v) is 7.97. The number of ether oxygens (including phenoxy) is 1. The Morgan fingerprint density at radius 3 is 2.75 bits per heavy atom. The lowest BCUT2D eigenvalue weighted by Crippen LogP contribution is -2.27. The minimum atomic E-state index is -0.894. The van der Waals surface area contributed by atoms with Gasteiger partial charge in [0.2, 0.25) is 11.6 Å². The van der Waals surface area contributed by atoms with Gasteiger partial charge in [-0.1, -0.05) is 0 Å². The topological polar surface area (TPSA) is 116 Å². The Bertz CT molecular complexity index is 877. The van der Waals surface area contributed by atoms with Gasteiger partial charge < -0.3 is 25.3 Å². The quantitative estimate of drug-likeness (QED) is 0.759. The predicted octanol–water partition coefficient (Wildman–Crippen LogP) is 0.0785. The second-order valence-corrected chi connectivity index (χ2v) is 6.68. The molecular weight excluding hydrogens is 312 g/mol. The number of nitrogens with two attached hydrogens (primary N) is 1. The zero-order chi connectivity index (χ0) is 16.7. The summed E-state index contributed by atoms with van der Waals surface area (Å²) in [6, 6.07) is 0.408. The summed E-state index contributed by atoms with van der Waals surface area (Å²) < 4.78 is 6.89. The molecule has 0 bridgehead atoms. The van der Waals surface area contributed by atoms with E-state index in [2.05, 4.69) is 5.32 Å². The zero-order valence-electron chi connectivity index (χ0n) is 13.1. The van der Waals surface area contributed by atoms with Gasteiger partial charge in [-0.3, -0.25) is 9.59 Å². The van der Waals surface area contributed by atoms with Crippen molar-refractivity contribution in [2.24, 2.45) is 5.73 Å². The maximum atomic E-state index is 13.1. The monoisotopic (exact) mass is 328 g/mol. The number of nitrogens with one attached hydrogen (secondary N) is 1. The Kier molecular flexibility index (Phi) is 2.45. The summed E-state index contributed by atoms with van der Waals surface area (Å²) in [4.78, 5) is 39.0. The molecule has 0 unspecified atom stereocenters. The molecule has 0 spiro atoms. The first kappa shape index (κ1) is 13.8. The van der Waals surface area contributed by atoms with E-state index in [-0.39, 0.29) is 24.2 Å². The van der Waals surface area contributed by atoms with Gasteiger partial charge in [-0.05, 0) is 6.92 Å². The highest BCUT2D eigenvalue weighted by Gasteiger charge is 2.52. The molecule has 8 heteroatoms. The third-order valence-electron chi connectivity index (χ3n) is 5.24. The Balaban J connectivity index is 1.70. The molecular formula is C16H16N4O4. The number of nitrogens with zero attached hydrogens (tertiary/aromatic N) is 2.